The summed E-state index contributed by atoms with van der Waals surface area (Å²) >= 11 is 1.51. The van der Waals surface area contributed by atoms with Crippen molar-refractivity contribution in [3.8, 4) is 6.07 Å². The van der Waals surface area contributed by atoms with E-state index in [1.807, 2.05) is 26.0 Å². The number of nitriles is 1. The van der Waals surface area contributed by atoms with E-state index in [0.29, 0.717) is 24.0 Å². The van der Waals surface area contributed by atoms with Gasteiger partial charge in [0.2, 0.25) is 5.91 Å². The summed E-state index contributed by atoms with van der Waals surface area (Å²) in [6.45, 7) is 7.84. The normalized spacial score (nSPS) is 17.9. The first-order valence-corrected chi connectivity index (χ1v) is 13.2. The van der Waals surface area contributed by atoms with Crippen molar-refractivity contribution >= 4 is 29.0 Å². The minimum Gasteiger partial charge on any atom is -0.349 e. The Morgan fingerprint density at radius 3 is 2.41 bits per heavy atom. The molecular weight excluding hydrogens is 446 g/mol. The molecular formula is C26H35N5O2S. The number of nitrogens with zero attached hydrogens (tertiary/aromatic N) is 3. The summed E-state index contributed by atoms with van der Waals surface area (Å²) in [5, 5.41) is 16.0. The van der Waals surface area contributed by atoms with E-state index < -0.39 is 0 Å². The predicted octanol–water partition coefficient (Wildman–Crippen LogP) is 4.68. The zero-order chi connectivity index (χ0) is 24.2. The molecule has 1 aliphatic carbocycles. The lowest BCUT2D eigenvalue weighted by atomic mass is 9.95. The van der Waals surface area contributed by atoms with Gasteiger partial charge in [0, 0.05) is 35.7 Å². The van der Waals surface area contributed by atoms with Crippen molar-refractivity contribution in [3.05, 3.63) is 38.7 Å². The monoisotopic (exact) mass is 481 g/mol. The molecule has 8 heteroatoms. The first-order valence-electron chi connectivity index (χ1n) is 12.4. The second-order valence-corrected chi connectivity index (χ2v) is 11.0. The molecule has 1 saturated heterocycles. The number of nitrogens with one attached hydrogen (secondary N) is 2. The Balaban J connectivity index is 1.34. The number of rotatable bonds is 6. The molecule has 7 nitrogen and oxygen atoms in total. The number of likely N-dealkylation sites (tertiary alicyclic amines) is 1. The topological polar surface area (TPSA) is 90.2 Å². The second-order valence-electron chi connectivity index (χ2n) is 9.69. The van der Waals surface area contributed by atoms with E-state index in [2.05, 4.69) is 33.1 Å². The van der Waals surface area contributed by atoms with E-state index in [9.17, 15) is 14.9 Å². The number of hydrogen-bond acceptors (Lipinski definition) is 5. The molecule has 4 rings (SSSR count). The smallest absolute Gasteiger partial charge is 0.261 e. The molecule has 0 aromatic carbocycles. The third-order valence-electron chi connectivity index (χ3n) is 7.32. The van der Waals surface area contributed by atoms with Gasteiger partial charge in [0.15, 0.2) is 0 Å². The number of thiophene rings is 1. The van der Waals surface area contributed by atoms with E-state index in [4.69, 9.17) is 0 Å². The van der Waals surface area contributed by atoms with Crippen molar-refractivity contribution in [2.75, 3.05) is 25.0 Å². The molecule has 2 aromatic heterocycles. The lowest BCUT2D eigenvalue weighted by Crippen LogP contribution is -2.46. The predicted molar refractivity (Wildman–Crippen MR) is 135 cm³/mol. The number of aromatic nitrogens is 1. The largest absolute Gasteiger partial charge is 0.349 e. The number of amides is 2. The maximum atomic E-state index is 13.0. The van der Waals surface area contributed by atoms with Crippen LogP contribution in [0.4, 0.5) is 5.82 Å². The van der Waals surface area contributed by atoms with E-state index in [-0.39, 0.29) is 17.9 Å². The summed E-state index contributed by atoms with van der Waals surface area (Å²) in [6.07, 6.45) is 7.46. The third kappa shape index (κ3) is 5.37. The van der Waals surface area contributed by atoms with Crippen LogP contribution in [0.2, 0.25) is 0 Å². The molecule has 2 fully saturated rings. The first-order chi connectivity index (χ1) is 16.4. The SMILES string of the molecule is Cc1ccc(C(=O)NC2CCN(CC(=O)Nc3c(C#N)c(C)c(C)n3C3CCCCC3)CC2)s1. The van der Waals surface area contributed by atoms with Gasteiger partial charge in [0.05, 0.1) is 17.0 Å². The van der Waals surface area contributed by atoms with Crippen LogP contribution in [0, 0.1) is 32.1 Å². The molecule has 0 spiro atoms. The fourth-order valence-corrected chi connectivity index (χ4v) is 6.08. The van der Waals surface area contributed by atoms with Crippen LogP contribution in [0.5, 0.6) is 0 Å². The van der Waals surface area contributed by atoms with E-state index in [1.54, 1.807) is 0 Å². The van der Waals surface area contributed by atoms with Crippen LogP contribution in [-0.4, -0.2) is 47.0 Å². The molecule has 34 heavy (non-hydrogen) atoms. The summed E-state index contributed by atoms with van der Waals surface area (Å²) in [5.41, 5.74) is 2.62. The van der Waals surface area contributed by atoms with E-state index >= 15 is 0 Å². The fourth-order valence-electron chi connectivity index (χ4n) is 5.31. The zero-order valence-electron chi connectivity index (χ0n) is 20.4. The standard InChI is InChI=1S/C26H35N5O2S/c1-17-9-10-23(34-17)26(33)28-20-11-13-30(14-12-20)16-24(32)29-25-22(15-27)18(2)19(3)31(25)21-7-5-4-6-8-21/h9-10,20-21H,4-8,11-14,16H2,1-3H3,(H,28,33)(H,29,32). The van der Waals surface area contributed by atoms with Crippen LogP contribution in [0.3, 0.4) is 0 Å². The van der Waals surface area contributed by atoms with Crippen LogP contribution in [0.1, 0.15) is 82.4 Å². The van der Waals surface area contributed by atoms with Gasteiger partial charge in [-0.2, -0.15) is 5.26 Å². The Morgan fingerprint density at radius 2 is 1.79 bits per heavy atom. The summed E-state index contributed by atoms with van der Waals surface area (Å²) in [4.78, 5) is 29.5. The lowest BCUT2D eigenvalue weighted by molar-refractivity contribution is -0.117. The average molecular weight is 482 g/mol. The van der Waals surface area contributed by atoms with Gasteiger partial charge in [0.1, 0.15) is 11.9 Å². The number of piperidine rings is 1. The van der Waals surface area contributed by atoms with Crippen molar-refractivity contribution in [1.29, 1.82) is 5.26 Å². The summed E-state index contributed by atoms with van der Waals surface area (Å²) in [7, 11) is 0. The van der Waals surface area contributed by atoms with Gasteiger partial charge in [-0.3, -0.25) is 14.5 Å². The van der Waals surface area contributed by atoms with Gasteiger partial charge >= 0.3 is 0 Å². The van der Waals surface area contributed by atoms with Gasteiger partial charge < -0.3 is 15.2 Å². The van der Waals surface area contributed by atoms with Crippen LogP contribution >= 0.6 is 11.3 Å². The highest BCUT2D eigenvalue weighted by Crippen LogP contribution is 2.36. The maximum Gasteiger partial charge on any atom is 0.261 e. The molecule has 1 saturated carbocycles. The molecule has 0 radical (unpaired) electrons. The number of anilines is 1. The van der Waals surface area contributed by atoms with Crippen LogP contribution in [0.25, 0.3) is 0 Å². The average Bonchev–Trinajstić information content (AvgIpc) is 3.36. The highest BCUT2D eigenvalue weighted by atomic mass is 32.1. The van der Waals surface area contributed by atoms with E-state index in [1.165, 1.54) is 30.6 Å². The first kappa shape index (κ1) is 24.5. The molecule has 2 amide bonds. The number of carbonyl (C=O) groups excluding carboxylic acids is 2. The van der Waals surface area contributed by atoms with Gasteiger partial charge in [0.25, 0.3) is 5.91 Å². The Morgan fingerprint density at radius 1 is 1.09 bits per heavy atom. The molecule has 2 aromatic rings. The molecule has 0 atom stereocenters. The minimum absolute atomic E-state index is 0.00691. The lowest BCUT2D eigenvalue weighted by Gasteiger charge is -2.32. The summed E-state index contributed by atoms with van der Waals surface area (Å²) < 4.78 is 2.21. The van der Waals surface area contributed by atoms with Crippen molar-refractivity contribution < 1.29 is 9.59 Å². The van der Waals surface area contributed by atoms with Gasteiger partial charge in [-0.05, 0) is 64.2 Å². The summed E-state index contributed by atoms with van der Waals surface area (Å²) in [5.74, 6) is 0.581. The Kier molecular flexibility index (Phi) is 7.74. The quantitative estimate of drug-likeness (QED) is 0.627. The Hall–Kier alpha value is -2.63. The number of carbonyl (C=O) groups is 2. The Labute approximate surface area is 206 Å². The second kappa shape index (κ2) is 10.7. The molecule has 182 valence electrons. The third-order valence-corrected chi connectivity index (χ3v) is 8.32. The van der Waals surface area contributed by atoms with Crippen LogP contribution in [-0.2, 0) is 4.79 Å². The molecule has 0 bridgehead atoms. The van der Waals surface area contributed by atoms with Crippen molar-refractivity contribution in [2.45, 2.75) is 77.8 Å². The maximum absolute atomic E-state index is 13.0. The van der Waals surface area contributed by atoms with Crippen molar-refractivity contribution in [2.24, 2.45) is 0 Å². The van der Waals surface area contributed by atoms with Crippen molar-refractivity contribution in [3.63, 3.8) is 0 Å². The van der Waals surface area contributed by atoms with E-state index in [0.717, 1.165) is 59.8 Å². The van der Waals surface area contributed by atoms with Gasteiger partial charge in [-0.1, -0.05) is 19.3 Å². The molecule has 0 unspecified atom stereocenters. The number of hydrogen-bond donors (Lipinski definition) is 2. The van der Waals surface area contributed by atoms with Gasteiger partial charge in [-0.25, -0.2) is 0 Å². The minimum atomic E-state index is -0.0809. The summed E-state index contributed by atoms with van der Waals surface area (Å²) in [6, 6.07) is 6.64. The zero-order valence-corrected chi connectivity index (χ0v) is 21.3. The molecule has 1 aliphatic heterocycles. The van der Waals surface area contributed by atoms with Gasteiger partial charge in [-0.15, -0.1) is 11.3 Å². The molecule has 2 aliphatic rings. The fraction of sp³-hybridized carbons (Fsp3) is 0.577. The highest BCUT2D eigenvalue weighted by Gasteiger charge is 2.27. The molecule has 2 N–H and O–H groups in total. The number of aryl methyl sites for hydroxylation is 1. The molecule has 3 heterocycles. The van der Waals surface area contributed by atoms with Crippen LogP contribution < -0.4 is 10.6 Å². The Bertz CT molecular complexity index is 1080. The van der Waals surface area contributed by atoms with Crippen molar-refractivity contribution in [1.82, 2.24) is 14.8 Å². The highest BCUT2D eigenvalue weighted by molar-refractivity contribution is 7.13. The van der Waals surface area contributed by atoms with Crippen LogP contribution in [0.15, 0.2) is 12.1 Å².